The van der Waals surface area contributed by atoms with Crippen molar-refractivity contribution in [2.24, 2.45) is 0 Å². The predicted octanol–water partition coefficient (Wildman–Crippen LogP) is 4.10. The van der Waals surface area contributed by atoms with Gasteiger partial charge in [0.25, 0.3) is 11.6 Å². The minimum Gasteiger partial charge on any atom is -0.466 e. The number of hydrogen-bond acceptors (Lipinski definition) is 9. The molecule has 0 aromatic carbocycles. The van der Waals surface area contributed by atoms with Crippen LogP contribution in [0.15, 0.2) is 25.6 Å². The first-order valence-corrected chi connectivity index (χ1v) is 9.29. The van der Waals surface area contributed by atoms with Gasteiger partial charge in [0, 0.05) is 12.0 Å². The number of esters is 1. The van der Waals surface area contributed by atoms with Crippen LogP contribution in [0.5, 0.6) is 0 Å². The molecule has 29 heavy (non-hydrogen) atoms. The second-order valence-corrected chi connectivity index (χ2v) is 6.76. The molecule has 0 saturated heterocycles. The maximum absolute atomic E-state index is 12.9. The molecular formula is C20H20N4O5. The molecule has 4 aromatic heterocycles. The van der Waals surface area contributed by atoms with Gasteiger partial charge in [0.1, 0.15) is 11.5 Å². The molecule has 0 N–H and O–H groups in total. The molecule has 9 heteroatoms. The molecule has 150 valence electrons. The molecule has 4 rings (SSSR count). The van der Waals surface area contributed by atoms with Crippen LogP contribution < -0.4 is 0 Å². The molecule has 0 bridgehead atoms. The van der Waals surface area contributed by atoms with Gasteiger partial charge in [-0.25, -0.2) is 9.78 Å². The molecule has 0 unspecified atom stereocenters. The van der Waals surface area contributed by atoms with E-state index in [1.54, 1.807) is 13.0 Å². The molecule has 0 aliphatic rings. The summed E-state index contributed by atoms with van der Waals surface area (Å²) < 4.78 is 21.4. The highest BCUT2D eigenvalue weighted by Crippen LogP contribution is 2.30. The zero-order valence-electron chi connectivity index (χ0n) is 16.6. The smallest absolute Gasteiger partial charge is 0.339 e. The molecule has 0 spiro atoms. The number of fused-ring (bicyclic) bond motifs is 1. The van der Waals surface area contributed by atoms with E-state index in [9.17, 15) is 4.79 Å². The summed E-state index contributed by atoms with van der Waals surface area (Å²) in [5, 5.41) is 8.30. The van der Waals surface area contributed by atoms with E-state index in [0.717, 1.165) is 17.7 Å². The van der Waals surface area contributed by atoms with E-state index in [1.165, 1.54) is 0 Å². The summed E-state index contributed by atoms with van der Waals surface area (Å²) in [6.07, 6.45) is 1.60. The molecule has 4 aromatic rings. The third-order valence-corrected chi connectivity index (χ3v) is 4.46. The summed E-state index contributed by atoms with van der Waals surface area (Å²) in [7, 11) is 0. The number of carbonyl (C=O) groups excluding carboxylic acids is 1. The average molecular weight is 396 g/mol. The first-order chi connectivity index (χ1) is 14.0. The number of hydrogen-bond donors (Lipinski definition) is 0. The van der Waals surface area contributed by atoms with Crippen LogP contribution in [0.25, 0.3) is 22.4 Å². The number of aryl methyl sites for hydroxylation is 4. The molecule has 9 nitrogen and oxygen atoms in total. The molecule has 0 fully saturated rings. The highest BCUT2D eigenvalue weighted by Gasteiger charge is 2.22. The number of nitrogens with zero attached hydrogens (tertiary/aromatic N) is 4. The number of pyridine rings is 1. The van der Waals surface area contributed by atoms with E-state index in [-0.39, 0.29) is 18.2 Å². The second kappa shape index (κ2) is 7.50. The van der Waals surface area contributed by atoms with Gasteiger partial charge in [-0.1, -0.05) is 17.2 Å². The number of rotatable bonds is 6. The Balaban J connectivity index is 1.66. The third-order valence-electron chi connectivity index (χ3n) is 4.46. The number of ether oxygens (including phenoxy) is 1. The standard InChI is InChI=1S/C20H20N4O5/c1-5-6-16-22-17(28-24-16)9-26-20(25)14-8-15(13-7-10(2)27-12(13)4)21-19-18(14)11(3)23-29-19/h7-8H,5-6,9H2,1-4H3. The molecule has 4 heterocycles. The summed E-state index contributed by atoms with van der Waals surface area (Å²) in [4.78, 5) is 21.5. The van der Waals surface area contributed by atoms with Crippen molar-refractivity contribution in [3.8, 4) is 11.3 Å². The fourth-order valence-corrected chi connectivity index (χ4v) is 3.16. The summed E-state index contributed by atoms with van der Waals surface area (Å²) in [6.45, 7) is 7.32. The van der Waals surface area contributed by atoms with Crippen LogP contribution >= 0.6 is 0 Å². The Kier molecular flexibility index (Phi) is 4.87. The van der Waals surface area contributed by atoms with E-state index < -0.39 is 5.97 Å². The Morgan fingerprint density at radius 3 is 2.66 bits per heavy atom. The highest BCUT2D eigenvalue weighted by molar-refractivity contribution is 6.04. The van der Waals surface area contributed by atoms with E-state index >= 15 is 0 Å². The summed E-state index contributed by atoms with van der Waals surface area (Å²) in [5.41, 5.74) is 2.42. The summed E-state index contributed by atoms with van der Waals surface area (Å²) >= 11 is 0. The summed E-state index contributed by atoms with van der Waals surface area (Å²) in [6, 6.07) is 3.51. The fourth-order valence-electron chi connectivity index (χ4n) is 3.16. The lowest BCUT2D eigenvalue weighted by Gasteiger charge is -2.06. The first kappa shape index (κ1) is 18.9. The second-order valence-electron chi connectivity index (χ2n) is 6.76. The van der Waals surface area contributed by atoms with Crippen molar-refractivity contribution >= 4 is 17.1 Å². The predicted molar refractivity (Wildman–Crippen MR) is 101 cm³/mol. The van der Waals surface area contributed by atoms with Crippen LogP contribution in [0.4, 0.5) is 0 Å². The molecule has 0 amide bonds. The van der Waals surface area contributed by atoms with Crippen molar-refractivity contribution in [3.63, 3.8) is 0 Å². The van der Waals surface area contributed by atoms with Crippen molar-refractivity contribution in [2.75, 3.05) is 0 Å². The van der Waals surface area contributed by atoms with Crippen LogP contribution in [0, 0.1) is 20.8 Å². The number of aromatic nitrogens is 4. The van der Waals surface area contributed by atoms with Crippen molar-refractivity contribution < 1.29 is 23.0 Å². The number of carbonyl (C=O) groups is 1. The molecule has 0 atom stereocenters. The van der Waals surface area contributed by atoms with Crippen LogP contribution in [-0.2, 0) is 17.8 Å². The zero-order valence-corrected chi connectivity index (χ0v) is 16.6. The SMILES string of the molecule is CCCc1noc(COC(=O)c2cc(-c3cc(C)oc3C)nc3onc(C)c23)n1. The molecule has 0 aliphatic heterocycles. The van der Waals surface area contributed by atoms with Crippen LogP contribution in [0.2, 0.25) is 0 Å². The molecule has 0 aliphatic carbocycles. The van der Waals surface area contributed by atoms with Crippen molar-refractivity contribution in [1.29, 1.82) is 0 Å². The minimum atomic E-state index is -0.557. The van der Waals surface area contributed by atoms with Gasteiger partial charge in [0.05, 0.1) is 22.3 Å². The summed E-state index contributed by atoms with van der Waals surface area (Å²) in [5.74, 6) is 1.72. The van der Waals surface area contributed by atoms with Crippen LogP contribution in [0.1, 0.15) is 52.6 Å². The zero-order chi connectivity index (χ0) is 20.5. The maximum Gasteiger partial charge on any atom is 0.339 e. The van der Waals surface area contributed by atoms with E-state index in [2.05, 4.69) is 20.3 Å². The Labute approximate surface area is 166 Å². The van der Waals surface area contributed by atoms with Crippen LogP contribution in [0.3, 0.4) is 0 Å². The van der Waals surface area contributed by atoms with Gasteiger partial charge in [-0.15, -0.1) is 0 Å². The maximum atomic E-state index is 12.9. The lowest BCUT2D eigenvalue weighted by Crippen LogP contribution is -2.07. The van der Waals surface area contributed by atoms with E-state index in [4.69, 9.17) is 18.2 Å². The largest absolute Gasteiger partial charge is 0.466 e. The quantitative estimate of drug-likeness (QED) is 0.444. The Morgan fingerprint density at radius 1 is 1.10 bits per heavy atom. The monoisotopic (exact) mass is 396 g/mol. The fraction of sp³-hybridized carbons (Fsp3) is 0.350. The van der Waals surface area contributed by atoms with Crippen molar-refractivity contribution in [2.45, 2.75) is 47.1 Å². The van der Waals surface area contributed by atoms with E-state index in [0.29, 0.717) is 40.3 Å². The highest BCUT2D eigenvalue weighted by atomic mass is 16.6. The minimum absolute atomic E-state index is 0.122. The Hall–Kier alpha value is -3.49. The normalized spacial score (nSPS) is 11.3. The Morgan fingerprint density at radius 2 is 1.93 bits per heavy atom. The van der Waals surface area contributed by atoms with Gasteiger partial charge in [0.2, 0.25) is 0 Å². The lowest BCUT2D eigenvalue weighted by atomic mass is 10.1. The van der Waals surface area contributed by atoms with E-state index in [1.807, 2.05) is 26.8 Å². The Bertz CT molecular complexity index is 1190. The first-order valence-electron chi connectivity index (χ1n) is 9.29. The average Bonchev–Trinajstić information content (AvgIpc) is 3.39. The van der Waals surface area contributed by atoms with Gasteiger partial charge in [-0.05, 0) is 39.3 Å². The van der Waals surface area contributed by atoms with Gasteiger partial charge in [0.15, 0.2) is 12.4 Å². The molecule has 0 saturated carbocycles. The van der Waals surface area contributed by atoms with Gasteiger partial charge >= 0.3 is 5.97 Å². The van der Waals surface area contributed by atoms with Gasteiger partial charge < -0.3 is 18.2 Å². The lowest BCUT2D eigenvalue weighted by molar-refractivity contribution is 0.0432. The van der Waals surface area contributed by atoms with Crippen molar-refractivity contribution in [1.82, 2.24) is 20.3 Å². The van der Waals surface area contributed by atoms with Crippen LogP contribution in [-0.4, -0.2) is 26.3 Å². The molecular weight excluding hydrogens is 376 g/mol. The third kappa shape index (κ3) is 3.63. The van der Waals surface area contributed by atoms with Gasteiger partial charge in [-0.3, -0.25) is 0 Å². The molecule has 0 radical (unpaired) electrons. The number of furan rings is 1. The topological polar surface area (TPSA) is 117 Å². The van der Waals surface area contributed by atoms with Gasteiger partial charge in [-0.2, -0.15) is 4.98 Å². The van der Waals surface area contributed by atoms with Crippen molar-refractivity contribution in [3.05, 3.63) is 46.6 Å².